The molecule has 0 saturated heterocycles. The first-order valence-electron chi connectivity index (χ1n) is 10.7. The maximum atomic E-state index is 13.2. The molecule has 0 bridgehead atoms. The van der Waals surface area contributed by atoms with Gasteiger partial charge in [-0.25, -0.2) is 0 Å². The molecule has 0 radical (unpaired) electrons. The third-order valence-electron chi connectivity index (χ3n) is 5.31. The SMILES string of the molecule is C[C@H](c1ccccc1)N(CCc1nc(-c2ccccc2)no1)C(=O)COc1ccc(Cl)cc1. The molecule has 7 heteroatoms. The Hall–Kier alpha value is -3.64. The van der Waals surface area contributed by atoms with Crippen molar-refractivity contribution < 1.29 is 14.1 Å². The van der Waals surface area contributed by atoms with Crippen LogP contribution in [-0.4, -0.2) is 34.1 Å². The zero-order valence-electron chi connectivity index (χ0n) is 18.2. The molecule has 0 saturated carbocycles. The fourth-order valence-electron chi connectivity index (χ4n) is 3.48. The molecule has 3 aromatic carbocycles. The molecule has 0 aliphatic heterocycles. The van der Waals surface area contributed by atoms with E-state index in [1.807, 2.05) is 67.6 Å². The molecule has 33 heavy (non-hydrogen) atoms. The lowest BCUT2D eigenvalue weighted by atomic mass is 10.1. The summed E-state index contributed by atoms with van der Waals surface area (Å²) in [5.74, 6) is 1.46. The minimum Gasteiger partial charge on any atom is -0.484 e. The Morgan fingerprint density at radius 3 is 2.36 bits per heavy atom. The number of nitrogens with zero attached hydrogens (tertiary/aromatic N) is 3. The van der Waals surface area contributed by atoms with Gasteiger partial charge in [0.05, 0.1) is 6.04 Å². The maximum absolute atomic E-state index is 13.2. The zero-order valence-corrected chi connectivity index (χ0v) is 19.0. The second-order valence-corrected chi connectivity index (χ2v) is 7.98. The van der Waals surface area contributed by atoms with E-state index < -0.39 is 0 Å². The van der Waals surface area contributed by atoms with Gasteiger partial charge in [-0.2, -0.15) is 4.98 Å². The van der Waals surface area contributed by atoms with Gasteiger partial charge in [-0.3, -0.25) is 4.79 Å². The van der Waals surface area contributed by atoms with E-state index in [9.17, 15) is 4.79 Å². The third-order valence-corrected chi connectivity index (χ3v) is 5.56. The first-order valence-corrected chi connectivity index (χ1v) is 11.1. The van der Waals surface area contributed by atoms with Gasteiger partial charge in [-0.15, -0.1) is 0 Å². The fourth-order valence-corrected chi connectivity index (χ4v) is 3.61. The highest BCUT2D eigenvalue weighted by Gasteiger charge is 2.23. The van der Waals surface area contributed by atoms with Gasteiger partial charge in [0.1, 0.15) is 5.75 Å². The summed E-state index contributed by atoms with van der Waals surface area (Å²) in [5.41, 5.74) is 1.92. The first kappa shape index (κ1) is 22.6. The van der Waals surface area contributed by atoms with Gasteiger partial charge in [-0.05, 0) is 36.8 Å². The molecular formula is C26H24ClN3O3. The summed E-state index contributed by atoms with van der Waals surface area (Å²) in [4.78, 5) is 19.4. The molecule has 0 unspecified atom stereocenters. The Bertz CT molecular complexity index is 1160. The second-order valence-electron chi connectivity index (χ2n) is 7.54. The minimum absolute atomic E-state index is 0.0854. The molecule has 0 aliphatic rings. The Kier molecular flexibility index (Phi) is 7.37. The van der Waals surface area contributed by atoms with Gasteiger partial charge >= 0.3 is 0 Å². The van der Waals surface area contributed by atoms with Crippen LogP contribution in [0.5, 0.6) is 5.75 Å². The minimum atomic E-state index is -0.149. The Morgan fingerprint density at radius 2 is 1.67 bits per heavy atom. The molecule has 1 atom stereocenters. The van der Waals surface area contributed by atoms with Crippen LogP contribution < -0.4 is 4.74 Å². The van der Waals surface area contributed by atoms with Gasteiger partial charge in [0.15, 0.2) is 6.61 Å². The standard InChI is InChI=1S/C26H24ClN3O3/c1-19(20-8-4-2-5-9-20)30(25(31)18-32-23-14-12-22(27)13-15-23)17-16-24-28-26(29-33-24)21-10-6-3-7-11-21/h2-15,19H,16-18H2,1H3/t19-/m1/s1. The van der Waals surface area contributed by atoms with Crippen molar-refractivity contribution in [3.63, 3.8) is 0 Å². The Labute approximate surface area is 197 Å². The largest absolute Gasteiger partial charge is 0.484 e. The highest BCUT2D eigenvalue weighted by Crippen LogP contribution is 2.22. The lowest BCUT2D eigenvalue weighted by Crippen LogP contribution is -2.38. The van der Waals surface area contributed by atoms with Crippen molar-refractivity contribution in [3.05, 3.63) is 101 Å². The molecule has 1 aromatic heterocycles. The van der Waals surface area contributed by atoms with Crippen LogP contribution in [0.25, 0.3) is 11.4 Å². The van der Waals surface area contributed by atoms with Gasteiger partial charge in [0.2, 0.25) is 11.7 Å². The van der Waals surface area contributed by atoms with Crippen molar-refractivity contribution in [1.29, 1.82) is 0 Å². The predicted octanol–water partition coefficient (Wildman–Crippen LogP) is 5.60. The number of amides is 1. The second kappa shape index (κ2) is 10.8. The average Bonchev–Trinajstić information content (AvgIpc) is 3.34. The lowest BCUT2D eigenvalue weighted by Gasteiger charge is -2.29. The summed E-state index contributed by atoms with van der Waals surface area (Å²) < 4.78 is 11.1. The van der Waals surface area contributed by atoms with Crippen molar-refractivity contribution in [1.82, 2.24) is 15.0 Å². The molecule has 0 fully saturated rings. The van der Waals surface area contributed by atoms with E-state index >= 15 is 0 Å². The molecule has 4 rings (SSSR count). The number of rotatable bonds is 9. The number of ether oxygens (including phenoxy) is 1. The number of benzene rings is 3. The van der Waals surface area contributed by atoms with Crippen LogP contribution in [0.1, 0.15) is 24.4 Å². The van der Waals surface area contributed by atoms with Crippen molar-refractivity contribution >= 4 is 17.5 Å². The molecule has 1 heterocycles. The molecule has 0 spiro atoms. The van der Waals surface area contributed by atoms with Gasteiger partial charge in [0, 0.05) is 23.6 Å². The van der Waals surface area contributed by atoms with Crippen molar-refractivity contribution in [2.45, 2.75) is 19.4 Å². The number of aromatic nitrogens is 2. The lowest BCUT2D eigenvalue weighted by molar-refractivity contribution is -0.135. The van der Waals surface area contributed by atoms with Crippen LogP contribution in [0.2, 0.25) is 5.02 Å². The Morgan fingerprint density at radius 1 is 1.00 bits per heavy atom. The highest BCUT2D eigenvalue weighted by molar-refractivity contribution is 6.30. The van der Waals surface area contributed by atoms with E-state index in [1.54, 1.807) is 29.2 Å². The number of hydrogen-bond acceptors (Lipinski definition) is 5. The van der Waals surface area contributed by atoms with Crippen molar-refractivity contribution in [2.75, 3.05) is 13.2 Å². The van der Waals surface area contributed by atoms with Crippen LogP contribution in [0, 0.1) is 0 Å². The van der Waals surface area contributed by atoms with E-state index in [0.717, 1.165) is 11.1 Å². The van der Waals surface area contributed by atoms with Crippen LogP contribution in [-0.2, 0) is 11.2 Å². The summed E-state index contributed by atoms with van der Waals surface area (Å²) in [6, 6.07) is 26.3. The number of halogens is 1. The molecule has 1 amide bonds. The Balaban J connectivity index is 1.46. The smallest absolute Gasteiger partial charge is 0.261 e. The van der Waals surface area contributed by atoms with Crippen LogP contribution in [0.3, 0.4) is 0 Å². The highest BCUT2D eigenvalue weighted by atomic mass is 35.5. The number of hydrogen-bond donors (Lipinski definition) is 0. The van der Waals surface area contributed by atoms with Crippen molar-refractivity contribution in [2.24, 2.45) is 0 Å². The van der Waals surface area contributed by atoms with Crippen LogP contribution in [0.15, 0.2) is 89.5 Å². The summed E-state index contributed by atoms with van der Waals surface area (Å²) in [7, 11) is 0. The summed E-state index contributed by atoms with van der Waals surface area (Å²) in [6.07, 6.45) is 0.434. The molecule has 0 aliphatic carbocycles. The normalized spacial score (nSPS) is 11.7. The molecule has 0 N–H and O–H groups in total. The molecule has 168 valence electrons. The predicted molar refractivity (Wildman–Crippen MR) is 127 cm³/mol. The number of carbonyl (C=O) groups excluding carboxylic acids is 1. The first-order chi connectivity index (χ1) is 16.1. The molecule has 4 aromatic rings. The van der Waals surface area contributed by atoms with E-state index in [4.69, 9.17) is 20.9 Å². The van der Waals surface area contributed by atoms with Gasteiger partial charge in [0.25, 0.3) is 5.91 Å². The van der Waals surface area contributed by atoms with Gasteiger partial charge in [-0.1, -0.05) is 77.4 Å². The fraction of sp³-hybridized carbons (Fsp3) is 0.192. The van der Waals surface area contributed by atoms with E-state index in [2.05, 4.69) is 10.1 Å². The van der Waals surface area contributed by atoms with E-state index in [-0.39, 0.29) is 18.6 Å². The van der Waals surface area contributed by atoms with Crippen LogP contribution in [0.4, 0.5) is 0 Å². The molecular weight excluding hydrogens is 438 g/mol. The van der Waals surface area contributed by atoms with Crippen molar-refractivity contribution in [3.8, 4) is 17.1 Å². The molecule has 6 nitrogen and oxygen atoms in total. The summed E-state index contributed by atoms with van der Waals surface area (Å²) in [5, 5.41) is 4.68. The van der Waals surface area contributed by atoms with Gasteiger partial charge < -0.3 is 14.2 Å². The van der Waals surface area contributed by atoms with E-state index in [1.165, 1.54) is 0 Å². The summed E-state index contributed by atoms with van der Waals surface area (Å²) >= 11 is 5.92. The monoisotopic (exact) mass is 461 g/mol. The maximum Gasteiger partial charge on any atom is 0.261 e. The topological polar surface area (TPSA) is 68.5 Å². The third kappa shape index (κ3) is 5.99. The quantitative estimate of drug-likeness (QED) is 0.324. The average molecular weight is 462 g/mol. The van der Waals surface area contributed by atoms with Crippen LogP contribution >= 0.6 is 11.6 Å². The number of carbonyl (C=O) groups is 1. The summed E-state index contributed by atoms with van der Waals surface area (Å²) in [6.45, 7) is 2.33. The zero-order chi connectivity index (χ0) is 23.0. The van der Waals surface area contributed by atoms with E-state index in [0.29, 0.717) is 35.5 Å².